The Balaban J connectivity index is 2.09. The van der Waals surface area contributed by atoms with E-state index in [1.165, 1.54) is 4.90 Å². The molecular formula is C24H27BrN2O3. The number of rotatable bonds is 7. The SMILES string of the molecule is CC[NH+](CC)CCN1C(=O)C(=O)C(=C([O-])c2ccc(C)cc2)C1c1cccc(Br)c1. The molecule has 2 aromatic rings. The number of Topliss-reactive ketones (excluding diaryl/α,β-unsaturated/α-hetero) is 1. The molecule has 0 radical (unpaired) electrons. The van der Waals surface area contributed by atoms with E-state index >= 15 is 0 Å². The Kier molecular flexibility index (Phi) is 7.10. The smallest absolute Gasteiger partial charge is 0.295 e. The maximum atomic E-state index is 13.3. The number of aryl methyl sites for hydroxylation is 1. The lowest BCUT2D eigenvalue weighted by molar-refractivity contribution is -0.895. The molecule has 0 aliphatic carbocycles. The molecule has 1 aliphatic rings. The average Bonchev–Trinajstić information content (AvgIpc) is 2.99. The molecule has 30 heavy (non-hydrogen) atoms. The first-order chi connectivity index (χ1) is 14.4. The van der Waals surface area contributed by atoms with E-state index < -0.39 is 17.7 Å². The number of hydrogen-bond acceptors (Lipinski definition) is 3. The number of amides is 1. The molecule has 1 N–H and O–H groups in total. The highest BCUT2D eigenvalue weighted by Gasteiger charge is 2.44. The van der Waals surface area contributed by atoms with Crippen LogP contribution >= 0.6 is 15.9 Å². The maximum Gasteiger partial charge on any atom is 0.295 e. The fourth-order valence-electron chi connectivity index (χ4n) is 3.87. The highest BCUT2D eigenvalue weighted by Crippen LogP contribution is 2.39. The molecule has 3 rings (SSSR count). The third-order valence-electron chi connectivity index (χ3n) is 5.71. The van der Waals surface area contributed by atoms with Gasteiger partial charge in [0.2, 0.25) is 5.78 Å². The van der Waals surface area contributed by atoms with Gasteiger partial charge >= 0.3 is 0 Å². The van der Waals surface area contributed by atoms with Gasteiger partial charge < -0.3 is 14.9 Å². The van der Waals surface area contributed by atoms with Gasteiger partial charge in [0.05, 0.1) is 32.2 Å². The van der Waals surface area contributed by atoms with Gasteiger partial charge in [-0.3, -0.25) is 9.59 Å². The van der Waals surface area contributed by atoms with Crippen LogP contribution in [-0.2, 0) is 9.59 Å². The maximum absolute atomic E-state index is 13.3. The number of likely N-dealkylation sites (N-methyl/N-ethyl adjacent to an activating group) is 1. The summed E-state index contributed by atoms with van der Waals surface area (Å²) in [5.74, 6) is -1.67. The Bertz CT molecular complexity index is 965. The number of nitrogens with one attached hydrogen (secondary N) is 1. The molecule has 0 aromatic heterocycles. The van der Waals surface area contributed by atoms with Gasteiger partial charge in [-0.2, -0.15) is 0 Å². The van der Waals surface area contributed by atoms with Crippen molar-refractivity contribution in [1.82, 2.24) is 4.90 Å². The summed E-state index contributed by atoms with van der Waals surface area (Å²) in [7, 11) is 0. The number of quaternary nitrogens is 1. The van der Waals surface area contributed by atoms with Crippen molar-refractivity contribution < 1.29 is 19.6 Å². The van der Waals surface area contributed by atoms with E-state index in [-0.39, 0.29) is 11.3 Å². The minimum atomic E-state index is -0.694. The standard InChI is InChI=1S/C24H27BrN2O3/c1-4-26(5-2)13-14-27-21(18-7-6-8-19(25)15-18)20(23(29)24(27)30)22(28)17-11-9-16(3)10-12-17/h6-12,15,21,28H,4-5,13-14H2,1-3H3. The Morgan fingerprint density at radius 1 is 1.10 bits per heavy atom. The Hall–Kier alpha value is -2.44. The van der Waals surface area contributed by atoms with Gasteiger partial charge in [-0.1, -0.05) is 63.7 Å². The normalized spacial score (nSPS) is 18.4. The van der Waals surface area contributed by atoms with Crippen LogP contribution in [0.4, 0.5) is 0 Å². The fourth-order valence-corrected chi connectivity index (χ4v) is 4.28. The van der Waals surface area contributed by atoms with E-state index in [1.807, 2.05) is 43.3 Å². The van der Waals surface area contributed by atoms with Crippen LogP contribution in [0.3, 0.4) is 0 Å². The second-order valence-corrected chi connectivity index (χ2v) is 8.52. The first kappa shape index (κ1) is 22.2. The Morgan fingerprint density at radius 2 is 1.77 bits per heavy atom. The predicted octanol–water partition coefficient (Wildman–Crippen LogP) is 1.91. The van der Waals surface area contributed by atoms with Crippen LogP contribution in [0, 0.1) is 6.92 Å². The van der Waals surface area contributed by atoms with Crippen LogP contribution in [0.1, 0.15) is 36.6 Å². The van der Waals surface area contributed by atoms with E-state index in [2.05, 4.69) is 29.8 Å². The molecule has 1 aliphatic heterocycles. The van der Waals surface area contributed by atoms with E-state index in [0.29, 0.717) is 12.1 Å². The molecule has 0 saturated carbocycles. The summed E-state index contributed by atoms with van der Waals surface area (Å²) < 4.78 is 0.836. The molecule has 6 heteroatoms. The van der Waals surface area contributed by atoms with Gasteiger partial charge in [0, 0.05) is 10.0 Å². The van der Waals surface area contributed by atoms with Gasteiger partial charge in [0.15, 0.2) is 0 Å². The van der Waals surface area contributed by atoms with Gasteiger partial charge in [0.1, 0.15) is 0 Å². The molecule has 158 valence electrons. The van der Waals surface area contributed by atoms with Crippen molar-refractivity contribution >= 4 is 33.4 Å². The second kappa shape index (κ2) is 9.58. The average molecular weight is 471 g/mol. The van der Waals surface area contributed by atoms with Crippen molar-refractivity contribution in [3.63, 3.8) is 0 Å². The molecule has 1 amide bonds. The van der Waals surface area contributed by atoms with E-state index in [1.54, 1.807) is 17.0 Å². The van der Waals surface area contributed by atoms with Crippen molar-refractivity contribution in [1.29, 1.82) is 0 Å². The van der Waals surface area contributed by atoms with Crippen LogP contribution in [-0.4, -0.2) is 42.8 Å². The van der Waals surface area contributed by atoms with E-state index in [0.717, 1.165) is 35.2 Å². The lowest BCUT2D eigenvalue weighted by Gasteiger charge is -2.28. The van der Waals surface area contributed by atoms with Crippen LogP contribution < -0.4 is 10.0 Å². The lowest BCUT2D eigenvalue weighted by atomic mass is 9.95. The van der Waals surface area contributed by atoms with E-state index in [9.17, 15) is 14.7 Å². The number of hydrogen-bond donors (Lipinski definition) is 1. The summed E-state index contributed by atoms with van der Waals surface area (Å²) in [5, 5.41) is 13.3. The monoisotopic (exact) mass is 470 g/mol. The van der Waals surface area contributed by atoms with Crippen molar-refractivity contribution in [2.75, 3.05) is 26.2 Å². The summed E-state index contributed by atoms with van der Waals surface area (Å²) in [6, 6.07) is 13.9. The molecule has 0 spiro atoms. The summed E-state index contributed by atoms with van der Waals surface area (Å²) >= 11 is 3.47. The fraction of sp³-hybridized carbons (Fsp3) is 0.333. The van der Waals surface area contributed by atoms with Crippen molar-refractivity contribution in [2.24, 2.45) is 0 Å². The van der Waals surface area contributed by atoms with Crippen LogP contribution in [0.15, 0.2) is 58.6 Å². The molecule has 0 bridgehead atoms. The zero-order valence-corrected chi connectivity index (χ0v) is 19.2. The summed E-state index contributed by atoms with van der Waals surface area (Å²) in [6.45, 7) is 9.15. The van der Waals surface area contributed by atoms with E-state index in [4.69, 9.17) is 0 Å². The lowest BCUT2D eigenvalue weighted by Crippen LogP contribution is -3.12. The predicted molar refractivity (Wildman–Crippen MR) is 119 cm³/mol. The second-order valence-electron chi connectivity index (χ2n) is 7.60. The number of halogens is 1. The molecule has 1 saturated heterocycles. The summed E-state index contributed by atoms with van der Waals surface area (Å²) in [6.07, 6.45) is 0. The molecule has 1 atom stereocenters. The van der Waals surface area contributed by atoms with Crippen LogP contribution in [0.25, 0.3) is 5.76 Å². The zero-order chi connectivity index (χ0) is 21.8. The van der Waals surface area contributed by atoms with Gasteiger partial charge in [0.25, 0.3) is 5.91 Å². The van der Waals surface area contributed by atoms with Crippen LogP contribution in [0.5, 0.6) is 0 Å². The molecule has 1 fully saturated rings. The van der Waals surface area contributed by atoms with Crippen molar-refractivity contribution in [3.05, 3.63) is 75.3 Å². The molecular weight excluding hydrogens is 444 g/mol. The van der Waals surface area contributed by atoms with Crippen LogP contribution in [0.2, 0.25) is 0 Å². The number of carbonyl (C=O) groups is 2. The van der Waals surface area contributed by atoms with Crippen molar-refractivity contribution in [3.8, 4) is 0 Å². The first-order valence-electron chi connectivity index (χ1n) is 10.3. The highest BCUT2D eigenvalue weighted by atomic mass is 79.9. The summed E-state index contributed by atoms with van der Waals surface area (Å²) in [5.41, 5.74) is 2.25. The Morgan fingerprint density at radius 3 is 2.37 bits per heavy atom. The molecule has 2 aromatic carbocycles. The number of nitrogens with zero attached hydrogens (tertiary/aromatic N) is 1. The number of likely N-dealkylation sites (tertiary alicyclic amines) is 1. The number of ketones is 1. The molecule has 5 nitrogen and oxygen atoms in total. The van der Waals surface area contributed by atoms with Gasteiger partial charge in [-0.25, -0.2) is 0 Å². The minimum absolute atomic E-state index is 0.0384. The summed E-state index contributed by atoms with van der Waals surface area (Å²) in [4.78, 5) is 28.8. The van der Waals surface area contributed by atoms with Gasteiger partial charge in [-0.15, -0.1) is 0 Å². The highest BCUT2D eigenvalue weighted by molar-refractivity contribution is 9.10. The quantitative estimate of drug-likeness (QED) is 0.381. The third-order valence-corrected chi connectivity index (χ3v) is 6.21. The largest absolute Gasteiger partial charge is 0.872 e. The van der Waals surface area contributed by atoms with Crippen molar-refractivity contribution in [2.45, 2.75) is 26.8 Å². The number of carbonyl (C=O) groups excluding carboxylic acids is 2. The molecule has 1 heterocycles. The van der Waals surface area contributed by atoms with Gasteiger partial charge in [-0.05, 0) is 44.0 Å². The first-order valence-corrected chi connectivity index (χ1v) is 11.1. The molecule has 1 unspecified atom stereocenters. The minimum Gasteiger partial charge on any atom is -0.872 e. The topological polar surface area (TPSA) is 64.9 Å². The zero-order valence-electron chi connectivity index (χ0n) is 17.6. The third kappa shape index (κ3) is 4.50. The Labute approximate surface area is 186 Å². The number of benzene rings is 2.